The van der Waals surface area contributed by atoms with Gasteiger partial charge in [-0.2, -0.15) is 0 Å². The molecule has 0 aliphatic heterocycles. The van der Waals surface area contributed by atoms with Gasteiger partial charge in [-0.25, -0.2) is 8.78 Å². The Balaban J connectivity index is 1.55. The highest BCUT2D eigenvalue weighted by Crippen LogP contribution is 2.40. The van der Waals surface area contributed by atoms with Crippen LogP contribution in [0.25, 0.3) is 21.2 Å². The second-order valence-electron chi connectivity index (χ2n) is 10.4. The Labute approximate surface area is 246 Å². The van der Waals surface area contributed by atoms with E-state index in [1.54, 1.807) is 38.4 Å². The molecule has 10 heteroatoms. The normalized spacial score (nSPS) is 13.8. The first-order valence-corrected chi connectivity index (χ1v) is 14.6. The van der Waals surface area contributed by atoms with E-state index in [0.717, 1.165) is 72.3 Å². The standard InChI is InChI=1S/C31H30ClF2N3O3S/c1-36(2)30(38)24-16-19(13-14-35-24)18-9-12-25(40-3)20(15-18)17-37(21-7-5-4-6-8-21)31(39)29-27(32)26-22(33)10-11-23(34)28(26)41-29/h9-16,21H,4-8,17H2,1-3H3. The van der Waals surface area contributed by atoms with Crippen LogP contribution in [0.4, 0.5) is 8.78 Å². The SMILES string of the molecule is COc1ccc(-c2ccnc(C(=O)N(C)C)c2)cc1CN(C(=O)c1sc2c(F)ccc(F)c2c1Cl)C1CCCCC1. The molecule has 1 aliphatic rings. The van der Waals surface area contributed by atoms with E-state index in [0.29, 0.717) is 11.4 Å². The molecular weight excluding hydrogens is 568 g/mol. The van der Waals surface area contributed by atoms with Gasteiger partial charge in [0.25, 0.3) is 11.8 Å². The summed E-state index contributed by atoms with van der Waals surface area (Å²) < 4.78 is 34.9. The fourth-order valence-electron chi connectivity index (χ4n) is 5.35. The number of benzene rings is 2. The van der Waals surface area contributed by atoms with Crippen LogP contribution in [0.15, 0.2) is 48.7 Å². The van der Waals surface area contributed by atoms with Crippen molar-refractivity contribution in [2.45, 2.75) is 44.7 Å². The zero-order chi connectivity index (χ0) is 29.3. The molecule has 0 bridgehead atoms. The number of amides is 2. The molecule has 214 valence electrons. The minimum absolute atomic E-state index is 0.0299. The average Bonchev–Trinajstić information content (AvgIpc) is 3.35. The molecular formula is C31H30ClF2N3O3S. The highest BCUT2D eigenvalue weighted by molar-refractivity contribution is 7.21. The molecule has 2 heterocycles. The number of carbonyl (C=O) groups is 2. The van der Waals surface area contributed by atoms with Crippen molar-refractivity contribution < 1.29 is 23.1 Å². The van der Waals surface area contributed by atoms with Crippen LogP contribution in [0, 0.1) is 11.6 Å². The van der Waals surface area contributed by atoms with Crippen LogP contribution in [0.1, 0.15) is 57.8 Å². The summed E-state index contributed by atoms with van der Waals surface area (Å²) in [7, 11) is 4.91. The number of fused-ring (bicyclic) bond motifs is 1. The Hall–Kier alpha value is -3.56. The molecule has 1 aliphatic carbocycles. The van der Waals surface area contributed by atoms with Crippen molar-refractivity contribution in [2.75, 3.05) is 21.2 Å². The Morgan fingerprint density at radius 1 is 1.00 bits per heavy atom. The van der Waals surface area contributed by atoms with Gasteiger partial charge in [0.2, 0.25) is 0 Å². The Morgan fingerprint density at radius 2 is 1.71 bits per heavy atom. The third-order valence-corrected chi connectivity index (χ3v) is 9.17. The lowest BCUT2D eigenvalue weighted by molar-refractivity contribution is 0.0617. The quantitative estimate of drug-likeness (QED) is 0.220. The van der Waals surface area contributed by atoms with Crippen molar-refractivity contribution in [3.05, 3.63) is 81.5 Å². The number of halogens is 3. The summed E-state index contributed by atoms with van der Waals surface area (Å²) >= 11 is 7.42. The summed E-state index contributed by atoms with van der Waals surface area (Å²) in [5.74, 6) is -1.25. The fraction of sp³-hybridized carbons (Fsp3) is 0.323. The number of nitrogens with zero attached hydrogens (tertiary/aromatic N) is 3. The van der Waals surface area contributed by atoms with Gasteiger partial charge < -0.3 is 14.5 Å². The van der Waals surface area contributed by atoms with Gasteiger partial charge in [-0.05, 0) is 60.4 Å². The lowest BCUT2D eigenvalue weighted by atomic mass is 9.93. The number of carbonyl (C=O) groups excluding carboxylic acids is 2. The van der Waals surface area contributed by atoms with E-state index in [1.165, 1.54) is 4.90 Å². The molecule has 5 rings (SSSR count). The molecule has 1 saturated carbocycles. The summed E-state index contributed by atoms with van der Waals surface area (Å²) in [6, 6.07) is 11.2. The van der Waals surface area contributed by atoms with Crippen LogP contribution in [0.5, 0.6) is 5.75 Å². The van der Waals surface area contributed by atoms with Crippen LogP contribution < -0.4 is 4.74 Å². The molecule has 2 amide bonds. The van der Waals surface area contributed by atoms with Crippen LogP contribution in [-0.4, -0.2) is 53.8 Å². The summed E-state index contributed by atoms with van der Waals surface area (Å²) in [4.78, 5) is 34.2. The summed E-state index contributed by atoms with van der Waals surface area (Å²) in [5, 5.41) is -0.132. The smallest absolute Gasteiger partial charge is 0.271 e. The maximum absolute atomic E-state index is 14.6. The molecule has 0 atom stereocenters. The fourth-order valence-corrected chi connectivity index (χ4v) is 6.85. The van der Waals surface area contributed by atoms with Crippen molar-refractivity contribution in [1.82, 2.24) is 14.8 Å². The topological polar surface area (TPSA) is 62.7 Å². The van der Waals surface area contributed by atoms with Gasteiger partial charge in [-0.1, -0.05) is 36.9 Å². The van der Waals surface area contributed by atoms with Crippen molar-refractivity contribution in [1.29, 1.82) is 0 Å². The zero-order valence-corrected chi connectivity index (χ0v) is 24.6. The number of methoxy groups -OCH3 is 1. The first-order valence-electron chi connectivity index (χ1n) is 13.4. The maximum Gasteiger partial charge on any atom is 0.271 e. The summed E-state index contributed by atoms with van der Waals surface area (Å²) in [6.45, 7) is 0.213. The Bertz CT molecular complexity index is 1620. The van der Waals surface area contributed by atoms with E-state index < -0.39 is 11.6 Å². The average molecular weight is 598 g/mol. The second-order valence-corrected chi connectivity index (χ2v) is 11.8. The van der Waals surface area contributed by atoms with Crippen LogP contribution >= 0.6 is 22.9 Å². The number of thiophene rings is 1. The lowest BCUT2D eigenvalue weighted by Crippen LogP contribution is -2.40. The Morgan fingerprint density at radius 3 is 2.39 bits per heavy atom. The lowest BCUT2D eigenvalue weighted by Gasteiger charge is -2.34. The zero-order valence-electron chi connectivity index (χ0n) is 23.0. The Kier molecular flexibility index (Phi) is 8.56. The molecule has 0 saturated heterocycles. The number of ether oxygens (including phenoxy) is 1. The van der Waals surface area contributed by atoms with E-state index in [1.807, 2.05) is 24.3 Å². The van der Waals surface area contributed by atoms with Gasteiger partial charge in [-0.15, -0.1) is 11.3 Å². The predicted molar refractivity (Wildman–Crippen MR) is 158 cm³/mol. The molecule has 4 aromatic rings. The summed E-state index contributed by atoms with van der Waals surface area (Å²) in [6.07, 6.45) is 6.28. The van der Waals surface area contributed by atoms with Crippen molar-refractivity contribution in [3.8, 4) is 16.9 Å². The highest BCUT2D eigenvalue weighted by Gasteiger charge is 2.31. The minimum Gasteiger partial charge on any atom is -0.496 e. The first-order chi connectivity index (χ1) is 19.7. The number of hydrogen-bond donors (Lipinski definition) is 0. The second kappa shape index (κ2) is 12.1. The number of hydrogen-bond acceptors (Lipinski definition) is 5. The van der Waals surface area contributed by atoms with Crippen LogP contribution in [0.2, 0.25) is 5.02 Å². The van der Waals surface area contributed by atoms with Gasteiger partial charge in [0.1, 0.15) is 28.0 Å². The maximum atomic E-state index is 14.6. The van der Waals surface area contributed by atoms with Crippen molar-refractivity contribution in [3.63, 3.8) is 0 Å². The predicted octanol–water partition coefficient (Wildman–Crippen LogP) is 7.58. The number of aromatic nitrogens is 1. The molecule has 0 N–H and O–H groups in total. The van der Waals surface area contributed by atoms with Crippen molar-refractivity contribution in [2.24, 2.45) is 0 Å². The van der Waals surface area contributed by atoms with Gasteiger partial charge in [0.05, 0.1) is 22.2 Å². The largest absolute Gasteiger partial charge is 0.496 e. The van der Waals surface area contributed by atoms with E-state index in [4.69, 9.17) is 16.3 Å². The molecule has 2 aromatic carbocycles. The molecule has 0 radical (unpaired) electrons. The molecule has 0 spiro atoms. The highest BCUT2D eigenvalue weighted by atomic mass is 35.5. The monoisotopic (exact) mass is 597 g/mol. The van der Waals surface area contributed by atoms with Gasteiger partial charge >= 0.3 is 0 Å². The molecule has 1 fully saturated rings. The van der Waals surface area contributed by atoms with E-state index in [-0.39, 0.29) is 44.4 Å². The van der Waals surface area contributed by atoms with Crippen LogP contribution in [-0.2, 0) is 6.54 Å². The number of rotatable bonds is 7. The number of pyridine rings is 1. The molecule has 6 nitrogen and oxygen atoms in total. The van der Waals surface area contributed by atoms with E-state index in [2.05, 4.69) is 4.98 Å². The molecule has 41 heavy (non-hydrogen) atoms. The third-order valence-electron chi connectivity index (χ3n) is 7.49. The van der Waals surface area contributed by atoms with E-state index >= 15 is 0 Å². The van der Waals surface area contributed by atoms with Crippen molar-refractivity contribution >= 4 is 44.8 Å². The van der Waals surface area contributed by atoms with E-state index in [9.17, 15) is 18.4 Å². The molecule has 2 aromatic heterocycles. The van der Waals surface area contributed by atoms with Gasteiger partial charge in [-0.3, -0.25) is 14.6 Å². The minimum atomic E-state index is -0.662. The van der Waals surface area contributed by atoms with Crippen LogP contribution in [0.3, 0.4) is 0 Å². The molecule has 0 unspecified atom stereocenters. The summed E-state index contributed by atoms with van der Waals surface area (Å²) in [5.41, 5.74) is 2.71. The van der Waals surface area contributed by atoms with Gasteiger partial charge in [0, 0.05) is 38.4 Å². The first kappa shape index (κ1) is 29.0. The third kappa shape index (κ3) is 5.78. The van der Waals surface area contributed by atoms with Gasteiger partial charge in [0.15, 0.2) is 0 Å².